The number of allylic oxidation sites excluding steroid dienone is 2. The first-order chi connectivity index (χ1) is 6.86. The molecule has 2 nitrogen and oxygen atoms in total. The molecule has 80 valence electrons. The molecule has 0 radical (unpaired) electrons. The van der Waals surface area contributed by atoms with Crippen LogP contribution in [-0.4, -0.2) is 25.4 Å². The first-order valence-corrected chi connectivity index (χ1v) is 5.31. The van der Waals surface area contributed by atoms with Crippen LogP contribution in [0.1, 0.15) is 25.7 Å². The van der Waals surface area contributed by atoms with Crippen molar-refractivity contribution in [2.24, 2.45) is 0 Å². The van der Waals surface area contributed by atoms with Crippen molar-refractivity contribution in [3.05, 3.63) is 25.3 Å². The highest BCUT2D eigenvalue weighted by Gasteiger charge is 2.20. The van der Waals surface area contributed by atoms with Crippen LogP contribution in [0.25, 0.3) is 0 Å². The van der Waals surface area contributed by atoms with E-state index in [2.05, 4.69) is 13.2 Å². The molecule has 0 aromatic rings. The molecule has 1 saturated heterocycles. The lowest BCUT2D eigenvalue weighted by molar-refractivity contribution is -0.135. The maximum Gasteiger partial charge on any atom is 0.0812 e. The number of rotatable bonds is 6. The molecule has 1 aliphatic heterocycles. The number of hydrogen-bond donors (Lipinski definition) is 0. The van der Waals surface area contributed by atoms with E-state index in [9.17, 15) is 0 Å². The van der Waals surface area contributed by atoms with Crippen molar-refractivity contribution in [1.29, 1.82) is 0 Å². The van der Waals surface area contributed by atoms with Crippen LogP contribution in [0, 0.1) is 0 Å². The molecule has 1 rings (SSSR count). The predicted molar refractivity (Wildman–Crippen MR) is 58.3 cm³/mol. The molecule has 1 heterocycles. The van der Waals surface area contributed by atoms with Gasteiger partial charge in [-0.15, -0.1) is 13.2 Å². The van der Waals surface area contributed by atoms with Crippen molar-refractivity contribution < 1.29 is 9.47 Å². The van der Waals surface area contributed by atoms with E-state index in [0.717, 1.165) is 38.9 Å². The maximum atomic E-state index is 5.68. The molecule has 0 unspecified atom stereocenters. The van der Waals surface area contributed by atoms with Crippen LogP contribution in [-0.2, 0) is 9.47 Å². The van der Waals surface area contributed by atoms with E-state index in [-0.39, 0.29) is 12.2 Å². The molecule has 0 bridgehead atoms. The van der Waals surface area contributed by atoms with E-state index in [0.29, 0.717) is 0 Å². The minimum atomic E-state index is 0.271. The average molecular weight is 196 g/mol. The molecule has 0 amide bonds. The summed E-state index contributed by atoms with van der Waals surface area (Å²) < 4.78 is 11.4. The van der Waals surface area contributed by atoms with E-state index in [4.69, 9.17) is 9.47 Å². The number of hydrogen-bond acceptors (Lipinski definition) is 2. The normalized spacial score (nSPS) is 27.1. The Kier molecular flexibility index (Phi) is 5.57. The fourth-order valence-corrected chi connectivity index (χ4v) is 1.52. The Labute approximate surface area is 86.6 Å². The van der Waals surface area contributed by atoms with Crippen LogP contribution in [0.15, 0.2) is 25.3 Å². The van der Waals surface area contributed by atoms with Crippen LogP contribution >= 0.6 is 0 Å². The van der Waals surface area contributed by atoms with Gasteiger partial charge >= 0.3 is 0 Å². The molecular weight excluding hydrogens is 176 g/mol. The highest BCUT2D eigenvalue weighted by atomic mass is 16.6. The minimum absolute atomic E-state index is 0.271. The molecule has 1 fully saturated rings. The van der Waals surface area contributed by atoms with Crippen molar-refractivity contribution in [3.8, 4) is 0 Å². The van der Waals surface area contributed by atoms with Gasteiger partial charge in [0.25, 0.3) is 0 Å². The second kappa shape index (κ2) is 6.80. The summed E-state index contributed by atoms with van der Waals surface area (Å²) in [6.45, 7) is 8.85. The lowest BCUT2D eigenvalue weighted by atomic mass is 10.1. The maximum absolute atomic E-state index is 5.68. The predicted octanol–water partition coefficient (Wildman–Crippen LogP) is 2.70. The van der Waals surface area contributed by atoms with Crippen molar-refractivity contribution >= 4 is 0 Å². The van der Waals surface area contributed by atoms with Gasteiger partial charge in [-0.25, -0.2) is 0 Å². The number of ether oxygens (including phenoxy) is 2. The summed E-state index contributed by atoms with van der Waals surface area (Å²) in [6.07, 6.45) is 8.45. The molecule has 0 aliphatic carbocycles. The molecule has 14 heavy (non-hydrogen) atoms. The molecule has 2 atom stereocenters. The third-order valence-corrected chi connectivity index (χ3v) is 2.42. The van der Waals surface area contributed by atoms with E-state index < -0.39 is 0 Å². The topological polar surface area (TPSA) is 18.5 Å². The zero-order chi connectivity index (χ0) is 10.2. The molecular formula is C12H20O2. The Bertz CT molecular complexity index is 149. The SMILES string of the molecule is C=CCC[C@@H]1CO[C@@H](CCC=C)CO1. The Morgan fingerprint density at radius 2 is 1.36 bits per heavy atom. The fourth-order valence-electron chi connectivity index (χ4n) is 1.52. The van der Waals surface area contributed by atoms with Crippen LogP contribution in [0.5, 0.6) is 0 Å². The highest BCUT2D eigenvalue weighted by molar-refractivity contribution is 4.75. The zero-order valence-corrected chi connectivity index (χ0v) is 8.78. The molecule has 0 aromatic carbocycles. The fraction of sp³-hybridized carbons (Fsp3) is 0.667. The van der Waals surface area contributed by atoms with Crippen LogP contribution in [0.4, 0.5) is 0 Å². The summed E-state index contributed by atoms with van der Waals surface area (Å²) >= 11 is 0. The van der Waals surface area contributed by atoms with Gasteiger partial charge in [0.2, 0.25) is 0 Å². The molecule has 0 saturated carbocycles. The smallest absolute Gasteiger partial charge is 0.0812 e. The van der Waals surface area contributed by atoms with Gasteiger partial charge in [-0.2, -0.15) is 0 Å². The van der Waals surface area contributed by atoms with Crippen molar-refractivity contribution in [1.82, 2.24) is 0 Å². The van der Waals surface area contributed by atoms with Crippen LogP contribution in [0.3, 0.4) is 0 Å². The lowest BCUT2D eigenvalue weighted by Crippen LogP contribution is -2.35. The molecule has 1 aliphatic rings. The van der Waals surface area contributed by atoms with Gasteiger partial charge in [-0.1, -0.05) is 12.2 Å². The summed E-state index contributed by atoms with van der Waals surface area (Å²) in [7, 11) is 0. The van der Waals surface area contributed by atoms with Crippen LogP contribution in [0.2, 0.25) is 0 Å². The summed E-state index contributed by atoms with van der Waals surface area (Å²) in [5, 5.41) is 0. The third kappa shape index (κ3) is 4.07. The zero-order valence-electron chi connectivity index (χ0n) is 8.78. The quantitative estimate of drug-likeness (QED) is 0.608. The molecule has 2 heteroatoms. The largest absolute Gasteiger partial charge is 0.373 e. The second-order valence-electron chi connectivity index (χ2n) is 3.64. The van der Waals surface area contributed by atoms with Gasteiger partial charge in [0.05, 0.1) is 25.4 Å². The van der Waals surface area contributed by atoms with Crippen molar-refractivity contribution in [2.45, 2.75) is 37.9 Å². The Balaban J connectivity index is 2.10. The van der Waals surface area contributed by atoms with Crippen LogP contribution < -0.4 is 0 Å². The van der Waals surface area contributed by atoms with E-state index in [1.807, 2.05) is 12.2 Å². The standard InChI is InChI=1S/C12H20O2/c1-3-5-7-11-9-14-12(10-13-11)8-6-4-2/h3-4,11-12H,1-2,5-10H2/t11-,12+. The van der Waals surface area contributed by atoms with Gasteiger partial charge in [0, 0.05) is 0 Å². The summed E-state index contributed by atoms with van der Waals surface area (Å²) in [5.74, 6) is 0. The first kappa shape index (κ1) is 11.5. The summed E-state index contributed by atoms with van der Waals surface area (Å²) in [5.41, 5.74) is 0. The van der Waals surface area contributed by atoms with Crippen molar-refractivity contribution in [3.63, 3.8) is 0 Å². The molecule has 0 aromatic heterocycles. The average Bonchev–Trinajstić information content (AvgIpc) is 2.25. The van der Waals surface area contributed by atoms with Gasteiger partial charge in [0.15, 0.2) is 0 Å². The summed E-state index contributed by atoms with van der Waals surface area (Å²) in [4.78, 5) is 0. The highest BCUT2D eigenvalue weighted by Crippen LogP contribution is 2.15. The first-order valence-electron chi connectivity index (χ1n) is 5.31. The van der Waals surface area contributed by atoms with Gasteiger partial charge in [0.1, 0.15) is 0 Å². The second-order valence-corrected chi connectivity index (χ2v) is 3.64. The van der Waals surface area contributed by atoms with E-state index in [1.165, 1.54) is 0 Å². The van der Waals surface area contributed by atoms with Crippen molar-refractivity contribution in [2.75, 3.05) is 13.2 Å². The lowest BCUT2D eigenvalue weighted by Gasteiger charge is -2.29. The third-order valence-electron chi connectivity index (χ3n) is 2.42. The molecule has 0 spiro atoms. The summed E-state index contributed by atoms with van der Waals surface area (Å²) in [6, 6.07) is 0. The Morgan fingerprint density at radius 1 is 0.929 bits per heavy atom. The van der Waals surface area contributed by atoms with E-state index in [1.54, 1.807) is 0 Å². The van der Waals surface area contributed by atoms with Gasteiger partial charge in [-0.3, -0.25) is 0 Å². The monoisotopic (exact) mass is 196 g/mol. The van der Waals surface area contributed by atoms with E-state index >= 15 is 0 Å². The Hall–Kier alpha value is -0.600. The minimum Gasteiger partial charge on any atom is -0.373 e. The molecule has 0 N–H and O–H groups in total. The van der Waals surface area contributed by atoms with Gasteiger partial charge in [-0.05, 0) is 25.7 Å². The van der Waals surface area contributed by atoms with Gasteiger partial charge < -0.3 is 9.47 Å². The Morgan fingerprint density at radius 3 is 1.64 bits per heavy atom.